The van der Waals surface area contributed by atoms with Crippen LogP contribution in [-0.4, -0.2) is 24.4 Å². The van der Waals surface area contributed by atoms with E-state index in [2.05, 4.69) is 39.8 Å². The maximum absolute atomic E-state index is 5.99. The van der Waals surface area contributed by atoms with Gasteiger partial charge in [-0.1, -0.05) is 23.3 Å². The third kappa shape index (κ3) is 3.55. The van der Waals surface area contributed by atoms with E-state index in [4.69, 9.17) is 9.47 Å². The van der Waals surface area contributed by atoms with Gasteiger partial charge < -0.3 is 9.47 Å². The van der Waals surface area contributed by atoms with Crippen molar-refractivity contribution < 1.29 is 9.47 Å². The normalized spacial score (nSPS) is 41.6. The molecule has 3 aliphatic rings. The standard InChI is InChI=1S/C20H30O2/c1-14-6-5-11-20(4)19(22-20)10-8-15(2)12-18-17(9-7-14)16(3)13-21-18/h6,12,18-19H,5,7-11,13H2,1-4H3/b14-6-,15-12+/t18-,19-,20-/m0/s1. The SMILES string of the molecule is CC1=C2CC/C(C)=C\CC[C@]3(C)O[C@H]3CC/C(C)=C/[C@@H]2OC1. The molecule has 22 heavy (non-hydrogen) atoms. The lowest BCUT2D eigenvalue weighted by Gasteiger charge is -2.14. The lowest BCUT2D eigenvalue weighted by Crippen LogP contribution is -2.11. The van der Waals surface area contributed by atoms with Gasteiger partial charge in [0.2, 0.25) is 0 Å². The van der Waals surface area contributed by atoms with E-state index >= 15 is 0 Å². The Balaban J connectivity index is 1.76. The third-order valence-electron chi connectivity index (χ3n) is 5.57. The van der Waals surface area contributed by atoms with E-state index in [1.54, 1.807) is 0 Å². The van der Waals surface area contributed by atoms with Crippen LogP contribution >= 0.6 is 0 Å². The number of hydrogen-bond acceptors (Lipinski definition) is 2. The number of epoxide rings is 1. The van der Waals surface area contributed by atoms with E-state index in [1.807, 2.05) is 0 Å². The summed E-state index contributed by atoms with van der Waals surface area (Å²) in [7, 11) is 0. The summed E-state index contributed by atoms with van der Waals surface area (Å²) in [6.07, 6.45) is 12.3. The monoisotopic (exact) mass is 302 g/mol. The predicted octanol–water partition coefficient (Wildman–Crippen LogP) is 5.11. The van der Waals surface area contributed by atoms with E-state index in [1.165, 1.54) is 22.3 Å². The highest BCUT2D eigenvalue weighted by Gasteiger charge is 2.50. The van der Waals surface area contributed by atoms with Crippen molar-refractivity contribution in [3.63, 3.8) is 0 Å². The van der Waals surface area contributed by atoms with Gasteiger partial charge in [0.15, 0.2) is 0 Å². The fourth-order valence-electron chi connectivity index (χ4n) is 3.77. The molecule has 2 aliphatic heterocycles. The molecule has 1 aliphatic carbocycles. The first-order chi connectivity index (χ1) is 10.5. The van der Waals surface area contributed by atoms with Gasteiger partial charge in [-0.15, -0.1) is 0 Å². The summed E-state index contributed by atoms with van der Waals surface area (Å²) < 4.78 is 12.0. The van der Waals surface area contributed by atoms with Crippen molar-refractivity contribution in [2.24, 2.45) is 0 Å². The summed E-state index contributed by atoms with van der Waals surface area (Å²) in [5.74, 6) is 0. The molecule has 3 rings (SSSR count). The van der Waals surface area contributed by atoms with E-state index in [0.29, 0.717) is 6.10 Å². The maximum Gasteiger partial charge on any atom is 0.0977 e. The molecule has 122 valence electrons. The van der Waals surface area contributed by atoms with Crippen molar-refractivity contribution in [3.8, 4) is 0 Å². The van der Waals surface area contributed by atoms with Crippen LogP contribution in [0.5, 0.6) is 0 Å². The molecule has 0 aromatic rings. The van der Waals surface area contributed by atoms with Crippen LogP contribution < -0.4 is 0 Å². The maximum atomic E-state index is 5.99. The van der Waals surface area contributed by atoms with Crippen molar-refractivity contribution in [3.05, 3.63) is 34.4 Å². The van der Waals surface area contributed by atoms with Gasteiger partial charge in [-0.05, 0) is 77.4 Å². The van der Waals surface area contributed by atoms with Gasteiger partial charge in [0.25, 0.3) is 0 Å². The lowest BCUT2D eigenvalue weighted by molar-refractivity contribution is 0.150. The molecule has 0 N–H and O–H groups in total. The fourth-order valence-corrected chi connectivity index (χ4v) is 3.77. The fraction of sp³-hybridized carbons (Fsp3) is 0.700. The molecule has 0 aromatic heterocycles. The van der Waals surface area contributed by atoms with Gasteiger partial charge >= 0.3 is 0 Å². The highest BCUT2D eigenvalue weighted by atomic mass is 16.6. The Labute approximate surface area is 135 Å². The quantitative estimate of drug-likeness (QED) is 0.458. The minimum atomic E-state index is 0.132. The molecule has 1 fully saturated rings. The second-order valence-electron chi connectivity index (χ2n) is 7.60. The average Bonchev–Trinajstić information content (AvgIpc) is 2.98. The summed E-state index contributed by atoms with van der Waals surface area (Å²) in [4.78, 5) is 0. The largest absolute Gasteiger partial charge is 0.366 e. The van der Waals surface area contributed by atoms with E-state index in [9.17, 15) is 0 Å². The van der Waals surface area contributed by atoms with Crippen LogP contribution in [0.1, 0.15) is 66.2 Å². The second kappa shape index (κ2) is 6.33. The molecule has 2 nitrogen and oxygen atoms in total. The molecule has 0 amide bonds. The summed E-state index contributed by atoms with van der Waals surface area (Å²) in [6.45, 7) is 9.81. The molecule has 3 atom stereocenters. The molecular formula is C20H30O2. The van der Waals surface area contributed by atoms with Crippen molar-refractivity contribution in [1.82, 2.24) is 0 Å². The predicted molar refractivity (Wildman–Crippen MR) is 90.9 cm³/mol. The summed E-state index contributed by atoms with van der Waals surface area (Å²) in [6, 6.07) is 0. The molecule has 0 unspecified atom stereocenters. The van der Waals surface area contributed by atoms with Crippen LogP contribution in [0.4, 0.5) is 0 Å². The molecule has 2 heterocycles. The lowest BCUT2D eigenvalue weighted by atomic mass is 9.93. The van der Waals surface area contributed by atoms with Crippen molar-refractivity contribution in [2.75, 3.05) is 6.61 Å². The number of hydrogen-bond donors (Lipinski definition) is 0. The topological polar surface area (TPSA) is 21.8 Å². The molecule has 0 bridgehead atoms. The zero-order valence-electron chi connectivity index (χ0n) is 14.6. The Bertz CT molecular complexity index is 526. The van der Waals surface area contributed by atoms with Gasteiger partial charge in [-0.2, -0.15) is 0 Å². The second-order valence-corrected chi connectivity index (χ2v) is 7.60. The van der Waals surface area contributed by atoms with Crippen LogP contribution in [0.25, 0.3) is 0 Å². The molecule has 0 saturated carbocycles. The van der Waals surface area contributed by atoms with Crippen LogP contribution in [0.15, 0.2) is 34.4 Å². The smallest absolute Gasteiger partial charge is 0.0977 e. The molecular weight excluding hydrogens is 272 g/mol. The highest BCUT2D eigenvalue weighted by Crippen LogP contribution is 2.43. The van der Waals surface area contributed by atoms with Crippen LogP contribution in [0, 0.1) is 0 Å². The average molecular weight is 302 g/mol. The highest BCUT2D eigenvalue weighted by molar-refractivity contribution is 5.29. The van der Waals surface area contributed by atoms with E-state index in [0.717, 1.165) is 45.1 Å². The van der Waals surface area contributed by atoms with Gasteiger partial charge in [-0.3, -0.25) is 0 Å². The minimum Gasteiger partial charge on any atom is -0.366 e. The number of rotatable bonds is 0. The zero-order chi connectivity index (χ0) is 15.7. The molecule has 0 radical (unpaired) electrons. The Hall–Kier alpha value is -0.860. The van der Waals surface area contributed by atoms with Crippen LogP contribution in [-0.2, 0) is 9.47 Å². The van der Waals surface area contributed by atoms with Crippen molar-refractivity contribution in [1.29, 1.82) is 0 Å². The first-order valence-corrected chi connectivity index (χ1v) is 8.79. The van der Waals surface area contributed by atoms with Crippen molar-refractivity contribution >= 4 is 0 Å². The number of fused-ring (bicyclic) bond motifs is 2. The molecule has 0 spiro atoms. The number of allylic oxidation sites excluding steroid dienone is 3. The zero-order valence-corrected chi connectivity index (χ0v) is 14.6. The van der Waals surface area contributed by atoms with Crippen LogP contribution in [0.2, 0.25) is 0 Å². The van der Waals surface area contributed by atoms with E-state index < -0.39 is 0 Å². The Morgan fingerprint density at radius 3 is 2.73 bits per heavy atom. The molecule has 1 saturated heterocycles. The summed E-state index contributed by atoms with van der Waals surface area (Å²) in [5.41, 5.74) is 6.03. The van der Waals surface area contributed by atoms with Crippen molar-refractivity contribution in [2.45, 2.75) is 84.0 Å². The van der Waals surface area contributed by atoms with Gasteiger partial charge in [-0.25, -0.2) is 0 Å². The first-order valence-electron chi connectivity index (χ1n) is 8.79. The number of ether oxygens (including phenoxy) is 2. The Morgan fingerprint density at radius 1 is 1.09 bits per heavy atom. The van der Waals surface area contributed by atoms with E-state index in [-0.39, 0.29) is 11.7 Å². The van der Waals surface area contributed by atoms with Crippen LogP contribution in [0.3, 0.4) is 0 Å². The van der Waals surface area contributed by atoms with Gasteiger partial charge in [0, 0.05) is 0 Å². The van der Waals surface area contributed by atoms with Gasteiger partial charge in [0.05, 0.1) is 24.4 Å². The third-order valence-corrected chi connectivity index (χ3v) is 5.57. The Kier molecular flexibility index (Phi) is 4.61. The minimum absolute atomic E-state index is 0.132. The first kappa shape index (κ1) is 16.0. The molecule has 2 heteroatoms. The Morgan fingerprint density at radius 2 is 1.91 bits per heavy atom. The molecule has 0 aromatic carbocycles. The summed E-state index contributed by atoms with van der Waals surface area (Å²) in [5, 5.41) is 0. The summed E-state index contributed by atoms with van der Waals surface area (Å²) >= 11 is 0. The van der Waals surface area contributed by atoms with Gasteiger partial charge in [0.1, 0.15) is 0 Å².